The highest BCUT2D eigenvalue weighted by molar-refractivity contribution is 5.78. The summed E-state index contributed by atoms with van der Waals surface area (Å²) in [4.78, 5) is 25.0. The number of esters is 2. The number of methoxy groups -OCH3 is 2. The Morgan fingerprint density at radius 2 is 1.00 bits per heavy atom. The van der Waals surface area contributed by atoms with E-state index in [0.717, 1.165) is 51.4 Å². The van der Waals surface area contributed by atoms with Crippen LogP contribution < -0.4 is 0 Å². The van der Waals surface area contributed by atoms with Crippen LogP contribution in [-0.2, 0) is 42.7 Å². The first-order chi connectivity index (χ1) is 23.1. The molecule has 2 saturated carbocycles. The summed E-state index contributed by atoms with van der Waals surface area (Å²) < 4.78 is 10.4. The minimum atomic E-state index is -0.337. The topological polar surface area (TPSA) is 52.6 Å². The van der Waals surface area contributed by atoms with Gasteiger partial charge in [0, 0.05) is 0 Å². The Morgan fingerprint density at radius 1 is 0.653 bits per heavy atom. The molecule has 0 saturated heterocycles. The van der Waals surface area contributed by atoms with Crippen molar-refractivity contribution in [2.45, 2.75) is 163 Å². The number of rotatable bonds is 4. The number of benzene rings is 2. The number of hydrogen-bond donors (Lipinski definition) is 0. The molecular formula is C45H68O4. The fourth-order valence-corrected chi connectivity index (χ4v) is 10.7. The third-order valence-electron chi connectivity index (χ3n) is 13.4. The maximum atomic E-state index is 12.5. The predicted molar refractivity (Wildman–Crippen MR) is 203 cm³/mol. The van der Waals surface area contributed by atoms with E-state index in [-0.39, 0.29) is 33.6 Å². The van der Waals surface area contributed by atoms with Crippen molar-refractivity contribution in [1.82, 2.24) is 0 Å². The lowest BCUT2D eigenvalue weighted by Gasteiger charge is -2.54. The summed E-state index contributed by atoms with van der Waals surface area (Å²) in [6.07, 6.45) is 12.1. The van der Waals surface area contributed by atoms with Crippen LogP contribution in [0, 0.1) is 22.7 Å². The van der Waals surface area contributed by atoms with Crippen molar-refractivity contribution in [3.05, 3.63) is 69.8 Å². The fourth-order valence-electron chi connectivity index (χ4n) is 10.7. The fraction of sp³-hybridized carbons (Fsp3) is 0.689. The van der Waals surface area contributed by atoms with Crippen molar-refractivity contribution in [1.29, 1.82) is 0 Å². The smallest absolute Gasteiger partial charge is 0.311 e. The quantitative estimate of drug-likeness (QED) is 0.303. The van der Waals surface area contributed by atoms with Gasteiger partial charge >= 0.3 is 11.9 Å². The zero-order valence-electron chi connectivity index (χ0n) is 33.2. The van der Waals surface area contributed by atoms with Crippen LogP contribution in [0.4, 0.5) is 0 Å². The average Bonchev–Trinajstić information content (AvgIpc) is 3.07. The van der Waals surface area contributed by atoms with Crippen molar-refractivity contribution < 1.29 is 19.1 Å². The second-order valence-electron chi connectivity index (χ2n) is 17.4. The molecule has 0 aliphatic heterocycles. The minimum absolute atomic E-state index is 0.0179. The molecule has 0 heterocycles. The van der Waals surface area contributed by atoms with Gasteiger partial charge in [-0.25, -0.2) is 0 Å². The Labute approximate surface area is 299 Å². The lowest BCUT2D eigenvalue weighted by molar-refractivity contribution is -0.162. The van der Waals surface area contributed by atoms with Gasteiger partial charge in [-0.15, -0.1) is 0 Å². The molecule has 0 N–H and O–H groups in total. The van der Waals surface area contributed by atoms with Crippen molar-refractivity contribution in [3.8, 4) is 0 Å². The molecule has 2 aromatic rings. The molecule has 272 valence electrons. The van der Waals surface area contributed by atoms with E-state index in [9.17, 15) is 9.59 Å². The normalized spacial score (nSPS) is 31.4. The second kappa shape index (κ2) is 15.3. The van der Waals surface area contributed by atoms with E-state index in [1.165, 1.54) is 66.9 Å². The van der Waals surface area contributed by atoms with Gasteiger partial charge in [0.25, 0.3) is 0 Å². The molecule has 0 bridgehead atoms. The highest BCUT2D eigenvalue weighted by atomic mass is 16.5. The maximum absolute atomic E-state index is 12.5. The molecule has 49 heavy (non-hydrogen) atoms. The zero-order chi connectivity index (χ0) is 36.4. The minimum Gasteiger partial charge on any atom is -0.469 e. The number of hydrogen-bond acceptors (Lipinski definition) is 4. The summed E-state index contributed by atoms with van der Waals surface area (Å²) in [6.45, 7) is 22.3. The summed E-state index contributed by atoms with van der Waals surface area (Å²) >= 11 is 0. The predicted octanol–water partition coefficient (Wildman–Crippen LogP) is 11.4. The molecule has 0 radical (unpaired) electrons. The molecule has 4 nitrogen and oxygen atoms in total. The van der Waals surface area contributed by atoms with E-state index < -0.39 is 0 Å². The summed E-state index contributed by atoms with van der Waals surface area (Å²) in [7, 11) is 3.07. The molecular weight excluding hydrogens is 604 g/mol. The molecule has 2 unspecified atom stereocenters. The lowest BCUT2D eigenvalue weighted by atomic mass is 9.49. The van der Waals surface area contributed by atoms with Crippen LogP contribution in [0.1, 0.15) is 172 Å². The van der Waals surface area contributed by atoms with E-state index >= 15 is 0 Å². The van der Waals surface area contributed by atoms with Gasteiger partial charge in [0.1, 0.15) is 0 Å². The van der Waals surface area contributed by atoms with Gasteiger partial charge in [-0.2, -0.15) is 0 Å². The molecule has 4 aliphatic carbocycles. The Bertz CT molecular complexity index is 1360. The van der Waals surface area contributed by atoms with Crippen LogP contribution in [0.25, 0.3) is 0 Å². The molecule has 6 atom stereocenters. The molecule has 6 rings (SSSR count). The average molecular weight is 673 g/mol. The maximum Gasteiger partial charge on any atom is 0.311 e. The first-order valence-electron chi connectivity index (χ1n) is 19.5. The van der Waals surface area contributed by atoms with E-state index in [2.05, 4.69) is 106 Å². The number of ether oxygens (including phenoxy) is 2. The molecule has 0 amide bonds. The van der Waals surface area contributed by atoms with Gasteiger partial charge in [-0.1, -0.05) is 111 Å². The van der Waals surface area contributed by atoms with Gasteiger partial charge in [0.2, 0.25) is 0 Å². The Morgan fingerprint density at radius 3 is 1.31 bits per heavy atom. The van der Waals surface area contributed by atoms with Gasteiger partial charge in [0.15, 0.2) is 0 Å². The number of aryl methyl sites for hydroxylation is 2. The van der Waals surface area contributed by atoms with Crippen LogP contribution >= 0.6 is 0 Å². The summed E-state index contributed by atoms with van der Waals surface area (Å²) in [5.74, 6) is 1.86. The SMILES string of the molecule is CCC.COC(=O)[C@]1(C)CCC[C@]2(C)c3ccc(C(C)C)cc3CCC12.COC(=O)[C@]1(C)CCC[C@]2(C)c3ccc(C(C)C)cc3CCC12. The van der Waals surface area contributed by atoms with Crippen molar-refractivity contribution in [2.24, 2.45) is 22.7 Å². The van der Waals surface area contributed by atoms with Crippen LogP contribution in [-0.4, -0.2) is 26.2 Å². The molecule has 2 fully saturated rings. The number of carbonyl (C=O) groups excluding carboxylic acids is 2. The number of fused-ring (bicyclic) bond motifs is 6. The highest BCUT2D eigenvalue weighted by Gasteiger charge is 2.57. The summed E-state index contributed by atoms with van der Waals surface area (Å²) in [5.41, 5.74) is 8.35. The van der Waals surface area contributed by atoms with Gasteiger partial charge in [0.05, 0.1) is 25.0 Å². The van der Waals surface area contributed by atoms with E-state index in [1.807, 2.05) is 0 Å². The molecule has 0 spiro atoms. The van der Waals surface area contributed by atoms with Gasteiger partial charge in [-0.05, 0) is 133 Å². The van der Waals surface area contributed by atoms with E-state index in [4.69, 9.17) is 9.47 Å². The number of carbonyl (C=O) groups is 2. The standard InChI is InChI=1S/2C21H30O2.C3H8/c2*1-14(2)15-7-9-17-16(13-15)8-10-18-20(17,3)11-6-12-21(18,4)19(22)23-5;1-3-2/h2*7,9,13-14,18H,6,8,10-12H2,1-5H3;3H2,1-2H3/t2*18?,20-,21-;/m11./s1. The first-order valence-corrected chi connectivity index (χ1v) is 19.5. The second-order valence-corrected chi connectivity index (χ2v) is 17.4. The third kappa shape index (κ3) is 7.14. The van der Waals surface area contributed by atoms with E-state index in [0.29, 0.717) is 23.7 Å². The molecule has 2 aromatic carbocycles. The zero-order valence-corrected chi connectivity index (χ0v) is 33.2. The van der Waals surface area contributed by atoms with Gasteiger partial charge < -0.3 is 9.47 Å². The van der Waals surface area contributed by atoms with Crippen LogP contribution in [0.3, 0.4) is 0 Å². The lowest BCUT2D eigenvalue weighted by Crippen LogP contribution is -2.52. The van der Waals surface area contributed by atoms with Crippen molar-refractivity contribution in [3.63, 3.8) is 0 Å². The van der Waals surface area contributed by atoms with Crippen LogP contribution in [0.15, 0.2) is 36.4 Å². The highest BCUT2D eigenvalue weighted by Crippen LogP contribution is 2.59. The largest absolute Gasteiger partial charge is 0.469 e. The molecule has 0 aromatic heterocycles. The summed E-state index contributed by atoms with van der Waals surface area (Å²) in [5, 5.41) is 0. The Hall–Kier alpha value is -2.62. The van der Waals surface area contributed by atoms with Crippen molar-refractivity contribution in [2.75, 3.05) is 14.2 Å². The van der Waals surface area contributed by atoms with E-state index in [1.54, 1.807) is 0 Å². The Balaban J connectivity index is 0.000000205. The van der Waals surface area contributed by atoms with Crippen LogP contribution in [0.2, 0.25) is 0 Å². The van der Waals surface area contributed by atoms with Crippen LogP contribution in [0.5, 0.6) is 0 Å². The Kier molecular flexibility index (Phi) is 12.2. The van der Waals surface area contributed by atoms with Crippen molar-refractivity contribution >= 4 is 11.9 Å². The third-order valence-corrected chi connectivity index (χ3v) is 13.4. The molecule has 4 aliphatic rings. The molecule has 4 heteroatoms. The first kappa shape index (κ1) is 39.2. The van der Waals surface area contributed by atoms with Gasteiger partial charge in [-0.3, -0.25) is 9.59 Å². The monoisotopic (exact) mass is 673 g/mol. The summed E-state index contributed by atoms with van der Waals surface area (Å²) in [6, 6.07) is 14.1.